The molecular weight excluding hydrogens is 445 g/mol. The van der Waals surface area contributed by atoms with E-state index in [1.54, 1.807) is 25.1 Å². The number of carbonyl (C=O) groups excluding carboxylic acids is 2. The van der Waals surface area contributed by atoms with Gasteiger partial charge in [-0.25, -0.2) is 9.38 Å². The molecule has 1 saturated heterocycles. The third kappa shape index (κ3) is 4.68. The maximum absolute atomic E-state index is 14.2. The summed E-state index contributed by atoms with van der Waals surface area (Å²) in [6.45, 7) is 3.72. The number of amides is 1. The minimum Gasteiger partial charge on any atom is -0.465 e. The fraction of sp³-hybridized carbons (Fsp3) is 0.348. The Balaban J connectivity index is 1.58. The molecule has 10 nitrogen and oxygen atoms in total. The molecule has 2 atom stereocenters. The highest BCUT2D eigenvalue weighted by molar-refractivity contribution is 6.08. The van der Waals surface area contributed by atoms with Gasteiger partial charge in [-0.15, -0.1) is 0 Å². The molecule has 0 aromatic heterocycles. The summed E-state index contributed by atoms with van der Waals surface area (Å²) >= 11 is 0. The Morgan fingerprint density at radius 2 is 1.79 bits per heavy atom. The van der Waals surface area contributed by atoms with Crippen molar-refractivity contribution in [3.63, 3.8) is 0 Å². The topological polar surface area (TPSA) is 117 Å². The van der Waals surface area contributed by atoms with Crippen molar-refractivity contribution in [3.8, 4) is 0 Å². The number of carbonyl (C=O) groups is 2. The normalized spacial score (nSPS) is 20.4. The number of nitrogens with zero attached hydrogens (tertiary/aromatic N) is 4. The first kappa shape index (κ1) is 23.1. The van der Waals surface area contributed by atoms with Gasteiger partial charge in [-0.1, -0.05) is 24.3 Å². The van der Waals surface area contributed by atoms with Crippen molar-refractivity contribution in [2.24, 2.45) is 10.9 Å². The van der Waals surface area contributed by atoms with E-state index in [1.165, 1.54) is 30.3 Å². The maximum Gasteiger partial charge on any atom is 0.321 e. The van der Waals surface area contributed by atoms with Crippen molar-refractivity contribution >= 4 is 29.2 Å². The molecule has 1 fully saturated rings. The van der Waals surface area contributed by atoms with E-state index in [-0.39, 0.29) is 18.1 Å². The number of hydrogen-bond acceptors (Lipinski definition) is 8. The average molecular weight is 469 g/mol. The van der Waals surface area contributed by atoms with E-state index in [0.29, 0.717) is 43.4 Å². The van der Waals surface area contributed by atoms with Crippen LogP contribution in [0.25, 0.3) is 0 Å². The number of aliphatic imine (C=N–C) groups is 1. The van der Waals surface area contributed by atoms with Gasteiger partial charge in [0.25, 0.3) is 5.69 Å². The first-order valence-corrected chi connectivity index (χ1v) is 10.9. The first-order chi connectivity index (χ1) is 16.4. The van der Waals surface area contributed by atoms with E-state index in [0.717, 1.165) is 0 Å². The second-order valence-corrected chi connectivity index (χ2v) is 7.89. The molecule has 0 saturated carbocycles. The van der Waals surface area contributed by atoms with Crippen LogP contribution in [0.4, 0.5) is 15.8 Å². The largest absolute Gasteiger partial charge is 0.465 e. The molecule has 2 aliphatic heterocycles. The molecule has 4 rings (SSSR count). The van der Waals surface area contributed by atoms with Gasteiger partial charge in [0, 0.05) is 38.3 Å². The second kappa shape index (κ2) is 9.86. The number of hydrogen-bond donors (Lipinski definition) is 1. The van der Waals surface area contributed by atoms with Crippen LogP contribution in [0.3, 0.4) is 0 Å². The van der Waals surface area contributed by atoms with Crippen molar-refractivity contribution in [1.29, 1.82) is 0 Å². The van der Waals surface area contributed by atoms with Crippen molar-refractivity contribution in [2.75, 3.05) is 37.7 Å². The van der Waals surface area contributed by atoms with Gasteiger partial charge in [0.1, 0.15) is 11.9 Å². The number of halogens is 1. The minimum absolute atomic E-state index is 0.101. The molecule has 0 unspecified atom stereocenters. The summed E-state index contributed by atoms with van der Waals surface area (Å²) in [4.78, 5) is 44.5. The van der Waals surface area contributed by atoms with Gasteiger partial charge in [-0.2, -0.15) is 0 Å². The van der Waals surface area contributed by atoms with Gasteiger partial charge in [0.2, 0.25) is 11.9 Å². The standard InChI is InChI=1S/C23H24FN5O5/c1-2-34-22(31)19-20(15-7-9-16(10-8-15)29(32)33)25-23(26-21(19)30)28-13-11-27(12-14-28)18-6-4-3-5-17(18)24/h3-10,19-20H,2,11-14H2,1H3,(H,25,26,30)/t19-,20-/m0/s1. The fourth-order valence-corrected chi connectivity index (χ4v) is 4.13. The zero-order valence-corrected chi connectivity index (χ0v) is 18.5. The van der Waals surface area contributed by atoms with Crippen molar-refractivity contribution < 1.29 is 23.6 Å². The smallest absolute Gasteiger partial charge is 0.321 e. The van der Waals surface area contributed by atoms with Crippen LogP contribution in [0.5, 0.6) is 0 Å². The number of para-hydroxylation sites is 1. The lowest BCUT2D eigenvalue weighted by Gasteiger charge is -2.39. The number of anilines is 1. The number of rotatable bonds is 5. The van der Waals surface area contributed by atoms with Gasteiger partial charge in [0.05, 0.1) is 17.2 Å². The number of ether oxygens (including phenoxy) is 1. The Kier molecular flexibility index (Phi) is 6.71. The quantitative estimate of drug-likeness (QED) is 0.309. The van der Waals surface area contributed by atoms with Gasteiger partial charge >= 0.3 is 5.97 Å². The van der Waals surface area contributed by atoms with Crippen LogP contribution < -0.4 is 10.2 Å². The lowest BCUT2D eigenvalue weighted by Crippen LogP contribution is -2.57. The van der Waals surface area contributed by atoms with Crippen LogP contribution in [0, 0.1) is 21.8 Å². The van der Waals surface area contributed by atoms with Gasteiger partial charge in [-0.3, -0.25) is 25.0 Å². The van der Waals surface area contributed by atoms with E-state index in [1.807, 2.05) is 9.80 Å². The monoisotopic (exact) mass is 469 g/mol. The Labute approximate surface area is 195 Å². The summed E-state index contributed by atoms with van der Waals surface area (Å²) in [6, 6.07) is 11.3. The highest BCUT2D eigenvalue weighted by Gasteiger charge is 2.42. The molecule has 0 aliphatic carbocycles. The fourth-order valence-electron chi connectivity index (χ4n) is 4.13. The molecule has 2 aromatic carbocycles. The van der Waals surface area contributed by atoms with Crippen LogP contribution in [-0.2, 0) is 14.3 Å². The summed E-state index contributed by atoms with van der Waals surface area (Å²) in [7, 11) is 0. The highest BCUT2D eigenvalue weighted by Crippen LogP contribution is 2.32. The maximum atomic E-state index is 14.2. The van der Waals surface area contributed by atoms with E-state index >= 15 is 0 Å². The van der Waals surface area contributed by atoms with Gasteiger partial charge in [0.15, 0.2) is 5.92 Å². The van der Waals surface area contributed by atoms with E-state index in [9.17, 15) is 24.1 Å². The Hall–Kier alpha value is -4.02. The Morgan fingerprint density at radius 3 is 2.41 bits per heavy atom. The van der Waals surface area contributed by atoms with Crippen LogP contribution in [0.2, 0.25) is 0 Å². The molecule has 0 radical (unpaired) electrons. The third-order valence-electron chi connectivity index (χ3n) is 5.85. The predicted octanol–water partition coefficient (Wildman–Crippen LogP) is 2.26. The Bertz CT molecular complexity index is 1110. The first-order valence-electron chi connectivity index (χ1n) is 10.9. The zero-order valence-electron chi connectivity index (χ0n) is 18.5. The van der Waals surface area contributed by atoms with Crippen molar-refractivity contribution in [1.82, 2.24) is 10.2 Å². The minimum atomic E-state index is -1.22. The van der Waals surface area contributed by atoms with Crippen LogP contribution in [-0.4, -0.2) is 60.4 Å². The third-order valence-corrected chi connectivity index (χ3v) is 5.85. The molecule has 2 aliphatic rings. The number of non-ortho nitro benzene ring substituents is 1. The summed E-state index contributed by atoms with van der Waals surface area (Å²) in [5, 5.41) is 13.7. The lowest BCUT2D eigenvalue weighted by atomic mass is 9.91. The van der Waals surface area contributed by atoms with Crippen LogP contribution in [0.15, 0.2) is 53.5 Å². The molecule has 1 N–H and O–H groups in total. The number of nitrogens with one attached hydrogen (secondary N) is 1. The number of piperazine rings is 1. The van der Waals surface area contributed by atoms with E-state index in [2.05, 4.69) is 10.3 Å². The van der Waals surface area contributed by atoms with E-state index < -0.39 is 28.8 Å². The molecule has 1 amide bonds. The average Bonchev–Trinajstić information content (AvgIpc) is 2.84. The molecular formula is C23H24FN5O5. The van der Waals surface area contributed by atoms with Crippen LogP contribution in [0.1, 0.15) is 18.5 Å². The lowest BCUT2D eigenvalue weighted by molar-refractivity contribution is -0.384. The molecule has 2 aromatic rings. The Morgan fingerprint density at radius 1 is 1.15 bits per heavy atom. The van der Waals surface area contributed by atoms with Crippen LogP contribution >= 0.6 is 0 Å². The SMILES string of the molecule is CCOC(=O)[C@@H]1C(=O)NC(N2CCN(c3ccccc3F)CC2)=N[C@H]1c1ccc([N+](=O)[O-])cc1. The van der Waals surface area contributed by atoms with E-state index in [4.69, 9.17) is 4.74 Å². The summed E-state index contributed by atoms with van der Waals surface area (Å²) in [5.41, 5.74) is 0.897. The number of nitro groups is 1. The predicted molar refractivity (Wildman–Crippen MR) is 122 cm³/mol. The highest BCUT2D eigenvalue weighted by atomic mass is 19.1. The number of benzene rings is 2. The molecule has 34 heavy (non-hydrogen) atoms. The molecule has 0 spiro atoms. The zero-order chi connectivity index (χ0) is 24.2. The van der Waals surface area contributed by atoms with Gasteiger partial charge < -0.3 is 14.5 Å². The summed E-state index contributed by atoms with van der Waals surface area (Å²) < 4.78 is 19.2. The van der Waals surface area contributed by atoms with Gasteiger partial charge in [-0.05, 0) is 24.6 Å². The summed E-state index contributed by atoms with van der Waals surface area (Å²) in [5.74, 6) is -2.47. The molecule has 178 valence electrons. The number of guanidine groups is 1. The molecule has 2 heterocycles. The van der Waals surface area contributed by atoms with Crippen molar-refractivity contribution in [3.05, 3.63) is 70.0 Å². The van der Waals surface area contributed by atoms with Crippen molar-refractivity contribution in [2.45, 2.75) is 13.0 Å². The number of esters is 1. The number of nitro benzene ring substituents is 1. The summed E-state index contributed by atoms with van der Waals surface area (Å²) in [6.07, 6.45) is 0. The molecule has 0 bridgehead atoms. The second-order valence-electron chi connectivity index (χ2n) is 7.89. The molecule has 11 heteroatoms.